The van der Waals surface area contributed by atoms with Crippen LogP contribution in [0.1, 0.15) is 42.0 Å². The third-order valence-electron chi connectivity index (χ3n) is 7.38. The van der Waals surface area contributed by atoms with E-state index in [1.165, 1.54) is 11.1 Å². The van der Waals surface area contributed by atoms with Gasteiger partial charge in [0.15, 0.2) is 0 Å². The fourth-order valence-electron chi connectivity index (χ4n) is 5.42. The smallest absolute Gasteiger partial charge is 0.126 e. The summed E-state index contributed by atoms with van der Waals surface area (Å²) in [4.78, 5) is 9.25. The van der Waals surface area contributed by atoms with Crippen LogP contribution in [-0.2, 0) is 6.42 Å². The minimum Gasteiger partial charge on any atom is -0.365 e. The van der Waals surface area contributed by atoms with Gasteiger partial charge in [-0.15, -0.1) is 0 Å². The Morgan fingerprint density at radius 1 is 1.15 bits per heavy atom. The fourth-order valence-corrected chi connectivity index (χ4v) is 5.42. The lowest BCUT2D eigenvalue weighted by molar-refractivity contribution is 0.140. The Kier molecular flexibility index (Phi) is 5.30. The van der Waals surface area contributed by atoms with E-state index in [1.807, 2.05) is 18.5 Å². The molecule has 1 saturated heterocycles. The van der Waals surface area contributed by atoms with Crippen LogP contribution in [0.25, 0.3) is 10.9 Å². The second kappa shape index (κ2) is 8.33. The molecule has 2 N–H and O–H groups in total. The summed E-state index contributed by atoms with van der Waals surface area (Å²) in [5.74, 6) is 0.853. The maximum Gasteiger partial charge on any atom is 0.126 e. The van der Waals surface area contributed by atoms with Gasteiger partial charge in [0.05, 0.1) is 30.5 Å². The Morgan fingerprint density at radius 2 is 2.03 bits per heavy atom. The average Bonchev–Trinajstić information content (AvgIpc) is 3.32. The van der Waals surface area contributed by atoms with Gasteiger partial charge in [-0.3, -0.25) is 19.3 Å². The van der Waals surface area contributed by atoms with Gasteiger partial charge in [0.1, 0.15) is 11.5 Å². The second-order valence-electron chi connectivity index (χ2n) is 9.86. The van der Waals surface area contributed by atoms with Gasteiger partial charge in [-0.05, 0) is 54.5 Å². The molecule has 6 nitrogen and oxygen atoms in total. The molecule has 2 aromatic heterocycles. The summed E-state index contributed by atoms with van der Waals surface area (Å²) in [5.41, 5.74) is 3.62. The molecule has 0 bridgehead atoms. The molecule has 4 heterocycles. The number of aromatic nitrogens is 3. The zero-order valence-electron chi connectivity index (χ0n) is 18.7. The number of likely N-dealkylation sites (tertiary alicyclic amines) is 1. The van der Waals surface area contributed by atoms with Crippen molar-refractivity contribution in [3.8, 4) is 0 Å². The number of halogens is 2. The number of hydrogen-bond donors (Lipinski definition) is 2. The number of nitrogens with one attached hydrogen (secondary N) is 2. The van der Waals surface area contributed by atoms with Gasteiger partial charge in [0.25, 0.3) is 0 Å². The van der Waals surface area contributed by atoms with Crippen molar-refractivity contribution < 1.29 is 8.78 Å². The van der Waals surface area contributed by atoms with E-state index in [1.54, 1.807) is 0 Å². The van der Waals surface area contributed by atoms with E-state index in [0.29, 0.717) is 31.8 Å². The van der Waals surface area contributed by atoms with E-state index in [2.05, 4.69) is 43.5 Å². The lowest BCUT2D eigenvalue weighted by Gasteiger charge is -2.40. The number of hydrogen-bond acceptors (Lipinski definition) is 5. The molecule has 1 saturated carbocycles. The standard InChI is InChI=1S/C25H30F2N6/c26-9-1-10-32-14-18(15-32)30-23-5-2-17(12-28-23)24-20-3-4-22-21(13-29-31-22)19(20)6-11-33(24)16-25(27)7-8-25/h2-5,12-13,18,24H,1,6-11,14-16H2,(H,28,30)(H,29,31)/t24-/m1/s1. The molecule has 8 heteroatoms. The molecule has 6 rings (SSSR count). The molecule has 2 aliphatic heterocycles. The number of benzene rings is 1. The predicted molar refractivity (Wildman–Crippen MR) is 125 cm³/mol. The van der Waals surface area contributed by atoms with Crippen LogP contribution >= 0.6 is 0 Å². The summed E-state index contributed by atoms with van der Waals surface area (Å²) in [6, 6.07) is 8.74. The van der Waals surface area contributed by atoms with E-state index in [9.17, 15) is 8.78 Å². The minimum atomic E-state index is -1.04. The Bertz CT molecular complexity index is 1120. The first-order valence-corrected chi connectivity index (χ1v) is 12.0. The maximum absolute atomic E-state index is 14.8. The quantitative estimate of drug-likeness (QED) is 0.544. The van der Waals surface area contributed by atoms with Crippen molar-refractivity contribution in [2.75, 3.05) is 44.7 Å². The third kappa shape index (κ3) is 4.10. The van der Waals surface area contributed by atoms with Crippen LogP contribution in [0.3, 0.4) is 0 Å². The normalized spacial score (nSPS) is 22.8. The Morgan fingerprint density at radius 3 is 2.79 bits per heavy atom. The highest BCUT2D eigenvalue weighted by atomic mass is 19.1. The number of fused-ring (bicyclic) bond motifs is 3. The van der Waals surface area contributed by atoms with Crippen molar-refractivity contribution in [1.29, 1.82) is 0 Å². The van der Waals surface area contributed by atoms with E-state index in [0.717, 1.165) is 54.9 Å². The molecule has 0 spiro atoms. The molecule has 1 aliphatic carbocycles. The van der Waals surface area contributed by atoms with Crippen molar-refractivity contribution >= 4 is 16.7 Å². The summed E-state index contributed by atoms with van der Waals surface area (Å²) in [5, 5.41) is 11.9. The number of rotatable bonds is 8. The molecular formula is C25H30F2N6. The molecule has 174 valence electrons. The van der Waals surface area contributed by atoms with Crippen LogP contribution in [0.4, 0.5) is 14.6 Å². The van der Waals surface area contributed by atoms with E-state index in [4.69, 9.17) is 4.98 Å². The lowest BCUT2D eigenvalue weighted by atomic mass is 9.86. The van der Waals surface area contributed by atoms with Gasteiger partial charge in [0, 0.05) is 44.3 Å². The number of aromatic amines is 1. The van der Waals surface area contributed by atoms with Crippen molar-refractivity contribution in [1.82, 2.24) is 25.0 Å². The van der Waals surface area contributed by atoms with Gasteiger partial charge in [-0.2, -0.15) is 5.10 Å². The molecule has 2 fully saturated rings. The molecule has 0 amide bonds. The molecule has 3 aliphatic rings. The first-order valence-electron chi connectivity index (χ1n) is 12.0. The van der Waals surface area contributed by atoms with Crippen molar-refractivity contribution in [3.63, 3.8) is 0 Å². The summed E-state index contributed by atoms with van der Waals surface area (Å²) in [6.45, 7) is 3.70. The predicted octanol–water partition coefficient (Wildman–Crippen LogP) is 3.86. The van der Waals surface area contributed by atoms with Crippen molar-refractivity contribution in [2.45, 2.75) is 43.4 Å². The van der Waals surface area contributed by atoms with Gasteiger partial charge >= 0.3 is 0 Å². The van der Waals surface area contributed by atoms with Crippen molar-refractivity contribution in [3.05, 3.63) is 53.3 Å². The van der Waals surface area contributed by atoms with Gasteiger partial charge in [0.2, 0.25) is 0 Å². The highest BCUT2D eigenvalue weighted by molar-refractivity contribution is 5.83. The van der Waals surface area contributed by atoms with Crippen LogP contribution < -0.4 is 5.32 Å². The third-order valence-corrected chi connectivity index (χ3v) is 7.38. The van der Waals surface area contributed by atoms with Gasteiger partial charge in [-0.1, -0.05) is 12.1 Å². The lowest BCUT2D eigenvalue weighted by Crippen LogP contribution is -2.54. The van der Waals surface area contributed by atoms with E-state index >= 15 is 0 Å². The molecule has 1 atom stereocenters. The highest BCUT2D eigenvalue weighted by Gasteiger charge is 2.46. The number of pyridine rings is 1. The van der Waals surface area contributed by atoms with Gasteiger partial charge in [-0.25, -0.2) is 9.37 Å². The second-order valence-corrected chi connectivity index (χ2v) is 9.86. The van der Waals surface area contributed by atoms with E-state index < -0.39 is 5.67 Å². The highest BCUT2D eigenvalue weighted by Crippen LogP contribution is 2.45. The molecule has 3 aromatic rings. The molecule has 0 radical (unpaired) electrons. The molecule has 1 aromatic carbocycles. The molecule has 33 heavy (non-hydrogen) atoms. The number of anilines is 1. The zero-order valence-corrected chi connectivity index (χ0v) is 18.7. The number of nitrogens with zero attached hydrogens (tertiary/aromatic N) is 4. The van der Waals surface area contributed by atoms with Crippen LogP contribution in [-0.4, -0.2) is 76.1 Å². The Hall–Kier alpha value is -2.58. The maximum atomic E-state index is 14.8. The van der Waals surface area contributed by atoms with Crippen LogP contribution in [0.15, 0.2) is 36.7 Å². The van der Waals surface area contributed by atoms with Crippen LogP contribution in [0, 0.1) is 0 Å². The largest absolute Gasteiger partial charge is 0.365 e. The van der Waals surface area contributed by atoms with Crippen LogP contribution in [0.2, 0.25) is 0 Å². The summed E-state index contributed by atoms with van der Waals surface area (Å²) in [7, 11) is 0. The first-order chi connectivity index (χ1) is 16.1. The average molecular weight is 453 g/mol. The van der Waals surface area contributed by atoms with Crippen LogP contribution in [0.5, 0.6) is 0 Å². The first kappa shape index (κ1) is 21.0. The topological polar surface area (TPSA) is 60.1 Å². The SMILES string of the molecule is FCCCN1CC(Nc2ccc([C@@H]3c4ccc5[nH]ncc5c4CCN3CC3(F)CC3)cn2)C1. The summed E-state index contributed by atoms with van der Waals surface area (Å²) >= 11 is 0. The van der Waals surface area contributed by atoms with Gasteiger partial charge < -0.3 is 5.32 Å². The fraction of sp³-hybridized carbons (Fsp3) is 0.520. The number of alkyl halides is 2. The molecular weight excluding hydrogens is 422 g/mol. The van der Waals surface area contributed by atoms with Crippen molar-refractivity contribution in [2.24, 2.45) is 0 Å². The minimum absolute atomic E-state index is 0.0114. The monoisotopic (exact) mass is 452 g/mol. The molecule has 0 unspecified atom stereocenters. The van der Waals surface area contributed by atoms with E-state index in [-0.39, 0.29) is 12.7 Å². The summed E-state index contributed by atoms with van der Waals surface area (Å²) < 4.78 is 27.2. The zero-order chi connectivity index (χ0) is 22.4. The number of H-pyrrole nitrogens is 1. The summed E-state index contributed by atoms with van der Waals surface area (Å²) in [6.07, 6.45) is 6.66. The Balaban J connectivity index is 1.23. The Labute approximate surface area is 192 Å².